The number of nitrogens with zero attached hydrogens (tertiary/aromatic N) is 1. The van der Waals surface area contributed by atoms with Crippen molar-refractivity contribution in [2.45, 2.75) is 13.0 Å². The van der Waals surface area contributed by atoms with Crippen molar-refractivity contribution < 1.29 is 9.53 Å². The van der Waals surface area contributed by atoms with E-state index < -0.39 is 0 Å². The van der Waals surface area contributed by atoms with Crippen molar-refractivity contribution in [3.63, 3.8) is 0 Å². The Morgan fingerprint density at radius 2 is 2.17 bits per heavy atom. The lowest BCUT2D eigenvalue weighted by Crippen LogP contribution is -2.52. The summed E-state index contributed by atoms with van der Waals surface area (Å²) in [5.74, 6) is 0.0959. The molecule has 98 valence electrons. The second kappa shape index (κ2) is 5.98. The van der Waals surface area contributed by atoms with Crippen LogP contribution in [0.3, 0.4) is 0 Å². The summed E-state index contributed by atoms with van der Waals surface area (Å²) in [4.78, 5) is 14.3. The molecule has 1 unspecified atom stereocenters. The number of hydrogen-bond acceptors (Lipinski definition) is 3. The lowest BCUT2D eigenvalue weighted by atomic mass is 10.1. The predicted molar refractivity (Wildman–Crippen MR) is 70.7 cm³/mol. The molecule has 1 atom stereocenters. The molecule has 0 radical (unpaired) electrons. The van der Waals surface area contributed by atoms with Gasteiger partial charge in [-0.3, -0.25) is 4.79 Å². The fourth-order valence-electron chi connectivity index (χ4n) is 2.19. The van der Waals surface area contributed by atoms with E-state index in [-0.39, 0.29) is 11.9 Å². The van der Waals surface area contributed by atoms with Crippen molar-refractivity contribution in [1.29, 1.82) is 0 Å². The third kappa shape index (κ3) is 2.89. The van der Waals surface area contributed by atoms with Crippen molar-refractivity contribution in [3.05, 3.63) is 35.4 Å². The number of morpholine rings is 1. The number of rotatable bonds is 3. The smallest absolute Gasteiger partial charge is 0.254 e. The van der Waals surface area contributed by atoms with Crippen LogP contribution in [-0.4, -0.2) is 50.2 Å². The number of aryl methyl sites for hydroxylation is 1. The summed E-state index contributed by atoms with van der Waals surface area (Å²) in [6, 6.07) is 7.85. The molecular weight excluding hydrogens is 228 g/mol. The number of hydrogen-bond donors (Lipinski definition) is 1. The summed E-state index contributed by atoms with van der Waals surface area (Å²) in [5.41, 5.74) is 1.92. The van der Waals surface area contributed by atoms with E-state index in [1.165, 1.54) is 5.56 Å². The molecule has 1 aliphatic rings. The average molecular weight is 248 g/mol. The highest BCUT2D eigenvalue weighted by Gasteiger charge is 2.27. The summed E-state index contributed by atoms with van der Waals surface area (Å²) >= 11 is 0. The minimum atomic E-state index is 0.0959. The van der Waals surface area contributed by atoms with E-state index in [1.54, 1.807) is 0 Å². The van der Waals surface area contributed by atoms with Gasteiger partial charge < -0.3 is 15.0 Å². The van der Waals surface area contributed by atoms with Crippen LogP contribution < -0.4 is 5.32 Å². The molecule has 0 bridgehead atoms. The van der Waals surface area contributed by atoms with Crippen molar-refractivity contribution >= 4 is 5.91 Å². The van der Waals surface area contributed by atoms with Crippen LogP contribution in [0.2, 0.25) is 0 Å². The van der Waals surface area contributed by atoms with Gasteiger partial charge in [-0.1, -0.05) is 17.7 Å². The molecule has 1 aromatic carbocycles. The van der Waals surface area contributed by atoms with Gasteiger partial charge in [-0.2, -0.15) is 0 Å². The zero-order valence-corrected chi connectivity index (χ0v) is 11.0. The quantitative estimate of drug-likeness (QED) is 0.869. The molecule has 0 saturated carbocycles. The predicted octanol–water partition coefficient (Wildman–Crippen LogP) is 1.06. The third-order valence-corrected chi connectivity index (χ3v) is 3.23. The maximum atomic E-state index is 12.4. The molecule has 1 aromatic rings. The van der Waals surface area contributed by atoms with Crippen molar-refractivity contribution in [2.24, 2.45) is 0 Å². The summed E-state index contributed by atoms with van der Waals surface area (Å²) < 4.78 is 5.44. The third-order valence-electron chi connectivity index (χ3n) is 3.23. The van der Waals surface area contributed by atoms with E-state index in [0.717, 1.165) is 12.1 Å². The molecule has 0 spiro atoms. The zero-order valence-electron chi connectivity index (χ0n) is 11.0. The second-order valence-corrected chi connectivity index (χ2v) is 4.65. The van der Waals surface area contributed by atoms with Gasteiger partial charge in [-0.15, -0.1) is 0 Å². The fraction of sp³-hybridized carbons (Fsp3) is 0.500. The van der Waals surface area contributed by atoms with Gasteiger partial charge in [0.1, 0.15) is 0 Å². The van der Waals surface area contributed by atoms with Crippen molar-refractivity contribution in [3.8, 4) is 0 Å². The Balaban J connectivity index is 2.12. The number of nitrogens with one attached hydrogen (secondary N) is 1. The van der Waals surface area contributed by atoms with Gasteiger partial charge in [0.2, 0.25) is 0 Å². The molecule has 1 saturated heterocycles. The number of carbonyl (C=O) groups excluding carboxylic acids is 1. The van der Waals surface area contributed by atoms with Gasteiger partial charge in [0.05, 0.1) is 19.3 Å². The fourth-order valence-corrected chi connectivity index (χ4v) is 2.19. The van der Waals surface area contributed by atoms with Crippen molar-refractivity contribution in [2.75, 3.05) is 33.4 Å². The highest BCUT2D eigenvalue weighted by molar-refractivity contribution is 5.94. The molecule has 2 rings (SSSR count). The highest BCUT2D eigenvalue weighted by Crippen LogP contribution is 2.13. The van der Waals surface area contributed by atoms with Crippen LogP contribution >= 0.6 is 0 Å². The summed E-state index contributed by atoms with van der Waals surface area (Å²) in [7, 11) is 1.89. The number of amides is 1. The second-order valence-electron chi connectivity index (χ2n) is 4.65. The summed E-state index contributed by atoms with van der Waals surface area (Å²) in [6.07, 6.45) is 0. The Morgan fingerprint density at radius 1 is 1.44 bits per heavy atom. The normalized spacial score (nSPS) is 19.9. The molecule has 0 aromatic heterocycles. The Bertz CT molecular complexity index is 401. The first-order chi connectivity index (χ1) is 8.72. The zero-order chi connectivity index (χ0) is 13.0. The van der Waals surface area contributed by atoms with Crippen LogP contribution in [-0.2, 0) is 4.74 Å². The molecule has 1 fully saturated rings. The molecule has 0 aliphatic carbocycles. The maximum Gasteiger partial charge on any atom is 0.254 e. The van der Waals surface area contributed by atoms with Gasteiger partial charge in [0.25, 0.3) is 5.91 Å². The first kappa shape index (κ1) is 13.1. The van der Waals surface area contributed by atoms with E-state index in [2.05, 4.69) is 5.32 Å². The number of likely N-dealkylation sites (N-methyl/N-ethyl adjacent to an activating group) is 1. The summed E-state index contributed by atoms with van der Waals surface area (Å²) in [5, 5.41) is 3.11. The van der Waals surface area contributed by atoms with E-state index in [4.69, 9.17) is 4.74 Å². The van der Waals surface area contributed by atoms with E-state index >= 15 is 0 Å². The Labute approximate surface area is 108 Å². The van der Waals surface area contributed by atoms with E-state index in [1.807, 2.05) is 43.1 Å². The average Bonchev–Trinajstić information content (AvgIpc) is 2.40. The molecular formula is C14H20N2O2. The van der Waals surface area contributed by atoms with E-state index in [9.17, 15) is 4.79 Å². The van der Waals surface area contributed by atoms with Crippen LogP contribution in [0.15, 0.2) is 24.3 Å². The Kier molecular flexibility index (Phi) is 4.33. The number of benzene rings is 1. The van der Waals surface area contributed by atoms with Crippen LogP contribution in [0.5, 0.6) is 0 Å². The van der Waals surface area contributed by atoms with Gasteiger partial charge in [-0.05, 0) is 26.1 Å². The monoisotopic (exact) mass is 248 g/mol. The first-order valence-corrected chi connectivity index (χ1v) is 6.32. The minimum Gasteiger partial charge on any atom is -0.377 e. The molecule has 18 heavy (non-hydrogen) atoms. The topological polar surface area (TPSA) is 41.6 Å². The largest absolute Gasteiger partial charge is 0.377 e. The van der Waals surface area contributed by atoms with Gasteiger partial charge in [0, 0.05) is 18.7 Å². The Hall–Kier alpha value is -1.39. The lowest BCUT2D eigenvalue weighted by molar-refractivity contribution is -0.000975. The molecule has 1 N–H and O–H groups in total. The molecule has 1 amide bonds. The Morgan fingerprint density at radius 3 is 2.83 bits per heavy atom. The SMILES string of the molecule is CNCC1COCCN1C(=O)c1ccc(C)cc1. The van der Waals surface area contributed by atoms with Crippen LogP contribution in [0.1, 0.15) is 15.9 Å². The standard InChI is InChI=1S/C14H20N2O2/c1-11-3-5-12(6-4-11)14(17)16-7-8-18-10-13(16)9-15-2/h3-6,13,15H,7-10H2,1-2H3. The number of carbonyl (C=O) groups is 1. The first-order valence-electron chi connectivity index (χ1n) is 6.32. The minimum absolute atomic E-state index is 0.0959. The molecule has 4 nitrogen and oxygen atoms in total. The lowest BCUT2D eigenvalue weighted by Gasteiger charge is -2.35. The maximum absolute atomic E-state index is 12.4. The highest BCUT2D eigenvalue weighted by atomic mass is 16.5. The van der Waals surface area contributed by atoms with Crippen LogP contribution in [0.25, 0.3) is 0 Å². The van der Waals surface area contributed by atoms with Crippen LogP contribution in [0.4, 0.5) is 0 Å². The van der Waals surface area contributed by atoms with Gasteiger partial charge in [-0.25, -0.2) is 0 Å². The number of ether oxygens (including phenoxy) is 1. The molecule has 1 heterocycles. The molecule has 1 aliphatic heterocycles. The van der Waals surface area contributed by atoms with Crippen molar-refractivity contribution in [1.82, 2.24) is 10.2 Å². The van der Waals surface area contributed by atoms with Crippen LogP contribution in [0, 0.1) is 6.92 Å². The van der Waals surface area contributed by atoms with Gasteiger partial charge >= 0.3 is 0 Å². The van der Waals surface area contributed by atoms with E-state index in [0.29, 0.717) is 19.8 Å². The van der Waals surface area contributed by atoms with Gasteiger partial charge in [0.15, 0.2) is 0 Å². The molecule has 4 heteroatoms. The summed E-state index contributed by atoms with van der Waals surface area (Å²) in [6.45, 7) is 4.68.